The Bertz CT molecular complexity index is 578. The molecule has 0 spiro atoms. The fourth-order valence-corrected chi connectivity index (χ4v) is 5.09. The Balaban J connectivity index is 1.53. The number of allylic oxidation sites excluding steroid dienone is 1. The predicted molar refractivity (Wildman–Crippen MR) is 112 cm³/mol. The van der Waals surface area contributed by atoms with Crippen molar-refractivity contribution in [1.82, 2.24) is 19.6 Å². The van der Waals surface area contributed by atoms with Gasteiger partial charge in [-0.3, -0.25) is 0 Å². The third kappa shape index (κ3) is 4.99. The van der Waals surface area contributed by atoms with Gasteiger partial charge in [0.25, 0.3) is 0 Å². The maximum absolute atomic E-state index is 9.50. The van der Waals surface area contributed by atoms with Gasteiger partial charge in [-0.05, 0) is 65.5 Å². The van der Waals surface area contributed by atoms with Crippen molar-refractivity contribution in [3.05, 3.63) is 22.9 Å². The Labute approximate surface area is 171 Å². The largest absolute Gasteiger partial charge is 0.365 e. The van der Waals surface area contributed by atoms with Gasteiger partial charge in [-0.25, -0.2) is 10.1 Å². The number of rotatable bonds is 8. The summed E-state index contributed by atoms with van der Waals surface area (Å²) < 4.78 is 0. The average molecular weight is 385 g/mol. The highest BCUT2D eigenvalue weighted by Crippen LogP contribution is 2.25. The zero-order valence-electron chi connectivity index (χ0n) is 17.7. The van der Waals surface area contributed by atoms with Crippen LogP contribution >= 0.6 is 0 Å². The van der Waals surface area contributed by atoms with E-state index >= 15 is 0 Å². The van der Waals surface area contributed by atoms with Crippen LogP contribution in [0.3, 0.4) is 0 Å². The maximum Gasteiger partial charge on any atom is 0.300 e. The van der Waals surface area contributed by atoms with Crippen LogP contribution in [0.2, 0.25) is 0 Å². The van der Waals surface area contributed by atoms with E-state index in [0.717, 1.165) is 57.9 Å². The van der Waals surface area contributed by atoms with E-state index in [1.165, 1.54) is 38.8 Å². The van der Waals surface area contributed by atoms with E-state index in [1.807, 2.05) is 0 Å². The van der Waals surface area contributed by atoms with Crippen molar-refractivity contribution in [3.8, 4) is 6.07 Å². The predicted octanol–water partition coefficient (Wildman–Crippen LogP) is 2.96. The number of nitrogens with zero attached hydrogens (tertiary/aromatic N) is 6. The van der Waals surface area contributed by atoms with Crippen LogP contribution in [0.15, 0.2) is 11.5 Å². The van der Waals surface area contributed by atoms with E-state index in [1.54, 1.807) is 0 Å². The van der Waals surface area contributed by atoms with Gasteiger partial charge in [-0.2, -0.15) is 0 Å². The summed E-state index contributed by atoms with van der Waals surface area (Å²) in [5, 5.41) is 9.50. The first-order valence-electron chi connectivity index (χ1n) is 11.1. The molecule has 0 N–H and O–H groups in total. The zero-order chi connectivity index (χ0) is 19.9. The van der Waals surface area contributed by atoms with Gasteiger partial charge in [0.05, 0.1) is 12.6 Å². The van der Waals surface area contributed by atoms with E-state index in [2.05, 4.69) is 44.4 Å². The highest BCUT2D eigenvalue weighted by molar-refractivity contribution is 5.33. The lowest BCUT2D eigenvalue weighted by Gasteiger charge is -2.28. The van der Waals surface area contributed by atoms with Crippen LogP contribution in [0.25, 0.3) is 4.85 Å². The summed E-state index contributed by atoms with van der Waals surface area (Å²) in [4.78, 5) is 13.3. The van der Waals surface area contributed by atoms with Crippen molar-refractivity contribution in [1.29, 1.82) is 5.26 Å². The molecule has 0 radical (unpaired) electrons. The lowest BCUT2D eigenvalue weighted by atomic mass is 10.2. The first kappa shape index (κ1) is 21.0. The Morgan fingerprint density at radius 2 is 1.43 bits per heavy atom. The van der Waals surface area contributed by atoms with Crippen molar-refractivity contribution < 1.29 is 0 Å². The van der Waals surface area contributed by atoms with Crippen molar-refractivity contribution in [2.75, 3.05) is 52.4 Å². The van der Waals surface area contributed by atoms with Crippen LogP contribution in [0.5, 0.6) is 0 Å². The molecule has 3 aliphatic rings. The highest BCUT2D eigenvalue weighted by Gasteiger charge is 2.29. The Morgan fingerprint density at radius 3 is 1.79 bits per heavy atom. The highest BCUT2D eigenvalue weighted by atomic mass is 15.4. The third-order valence-corrected chi connectivity index (χ3v) is 6.80. The van der Waals surface area contributed by atoms with Gasteiger partial charge in [-0.15, -0.1) is 0 Å². The molecule has 6 heteroatoms. The minimum absolute atomic E-state index is 0.265. The van der Waals surface area contributed by atoms with Crippen LogP contribution in [-0.2, 0) is 0 Å². The lowest BCUT2D eigenvalue weighted by Crippen LogP contribution is -2.33. The van der Waals surface area contributed by atoms with E-state index in [-0.39, 0.29) is 5.70 Å². The Hall–Kier alpha value is -1.76. The van der Waals surface area contributed by atoms with Crippen molar-refractivity contribution in [3.63, 3.8) is 0 Å². The van der Waals surface area contributed by atoms with Crippen LogP contribution in [0.4, 0.5) is 0 Å². The second-order valence-electron chi connectivity index (χ2n) is 8.63. The molecule has 3 rings (SSSR count). The van der Waals surface area contributed by atoms with E-state index in [4.69, 9.17) is 6.57 Å². The topological polar surface area (TPSA) is 41.1 Å². The second-order valence-corrected chi connectivity index (χ2v) is 8.63. The Morgan fingerprint density at radius 1 is 0.929 bits per heavy atom. The van der Waals surface area contributed by atoms with Gasteiger partial charge in [0, 0.05) is 51.4 Å². The SMILES string of the molecule is [C-]#[N+]C(C#N)=C1N(CCCN2CCC[C@H]2C)CCN1CCCN1CCC[C@H]1C. The fraction of sp³-hybridized carbons (Fsp3) is 0.818. The molecule has 2 atom stereocenters. The zero-order valence-corrected chi connectivity index (χ0v) is 17.7. The van der Waals surface area contributed by atoms with Crippen molar-refractivity contribution in [2.24, 2.45) is 0 Å². The molecular weight excluding hydrogens is 348 g/mol. The molecular formula is C22H36N6. The standard InChI is InChI=1S/C22H36N6/c1-19-8-4-10-25(19)12-6-14-27-16-17-28(22(27)21(18-23)24-3)15-7-13-26-11-5-9-20(26)2/h19-20H,4-17H2,1-2H3/t19-,20-/m1/s1. The number of hydrogen-bond donors (Lipinski definition) is 0. The summed E-state index contributed by atoms with van der Waals surface area (Å²) in [6.45, 7) is 20.5. The van der Waals surface area contributed by atoms with Gasteiger partial charge < -0.3 is 19.6 Å². The smallest absolute Gasteiger partial charge is 0.300 e. The molecule has 3 saturated heterocycles. The maximum atomic E-state index is 9.50. The number of hydrogen-bond acceptors (Lipinski definition) is 5. The molecule has 3 fully saturated rings. The first-order chi connectivity index (χ1) is 13.6. The molecule has 0 aromatic carbocycles. The van der Waals surface area contributed by atoms with Crippen molar-refractivity contribution >= 4 is 0 Å². The summed E-state index contributed by atoms with van der Waals surface area (Å²) in [5.41, 5.74) is 0.265. The molecule has 0 unspecified atom stereocenters. The normalized spacial score (nSPS) is 26.1. The van der Waals surface area contributed by atoms with Crippen molar-refractivity contribution in [2.45, 2.75) is 64.5 Å². The molecule has 3 heterocycles. The molecule has 0 aliphatic carbocycles. The van der Waals surface area contributed by atoms with Gasteiger partial charge in [0.2, 0.25) is 0 Å². The average Bonchev–Trinajstić information content (AvgIpc) is 3.39. The summed E-state index contributed by atoms with van der Waals surface area (Å²) in [5.74, 6) is 0.890. The molecule has 0 aromatic rings. The molecule has 0 aromatic heterocycles. The molecule has 0 saturated carbocycles. The van der Waals surface area contributed by atoms with Crippen LogP contribution < -0.4 is 0 Å². The van der Waals surface area contributed by atoms with Crippen LogP contribution in [0.1, 0.15) is 52.4 Å². The fourth-order valence-electron chi connectivity index (χ4n) is 5.09. The molecule has 28 heavy (non-hydrogen) atoms. The minimum atomic E-state index is 0.265. The molecule has 6 nitrogen and oxygen atoms in total. The first-order valence-corrected chi connectivity index (χ1v) is 11.1. The van der Waals surface area contributed by atoms with Gasteiger partial charge in [0.15, 0.2) is 0 Å². The number of nitriles is 1. The monoisotopic (exact) mass is 384 g/mol. The van der Waals surface area contributed by atoms with E-state index < -0.39 is 0 Å². The minimum Gasteiger partial charge on any atom is -0.365 e. The number of likely N-dealkylation sites (tertiary alicyclic amines) is 2. The summed E-state index contributed by atoms with van der Waals surface area (Å²) >= 11 is 0. The van der Waals surface area contributed by atoms with Crippen LogP contribution in [0, 0.1) is 17.9 Å². The van der Waals surface area contributed by atoms with Crippen LogP contribution in [-0.4, -0.2) is 84.0 Å². The third-order valence-electron chi connectivity index (χ3n) is 6.80. The van der Waals surface area contributed by atoms with Gasteiger partial charge in [0.1, 0.15) is 5.82 Å². The second kappa shape index (κ2) is 10.1. The molecule has 0 amide bonds. The molecule has 3 aliphatic heterocycles. The van der Waals surface area contributed by atoms with E-state index in [0.29, 0.717) is 12.1 Å². The summed E-state index contributed by atoms with van der Waals surface area (Å²) in [6, 6.07) is 3.56. The van der Waals surface area contributed by atoms with E-state index in [9.17, 15) is 5.26 Å². The summed E-state index contributed by atoms with van der Waals surface area (Å²) in [7, 11) is 0. The quantitative estimate of drug-likeness (QED) is 0.475. The Kier molecular flexibility index (Phi) is 7.59. The summed E-state index contributed by atoms with van der Waals surface area (Å²) in [6.07, 6.45) is 7.46. The lowest BCUT2D eigenvalue weighted by molar-refractivity contribution is 0.237. The van der Waals surface area contributed by atoms with Gasteiger partial charge in [-0.1, -0.05) is 0 Å². The molecule has 0 bridgehead atoms. The molecule has 154 valence electrons. The van der Waals surface area contributed by atoms with Gasteiger partial charge >= 0.3 is 5.70 Å².